The molecule has 0 aromatic rings. The second kappa shape index (κ2) is 3.28. The van der Waals surface area contributed by atoms with Gasteiger partial charge in [-0.15, -0.1) is 0 Å². The molecule has 0 aliphatic heterocycles. The molecule has 1 N–H and O–H groups in total. The Morgan fingerprint density at radius 1 is 1.10 bits per heavy atom. The van der Waals surface area contributed by atoms with E-state index in [9.17, 15) is 8.78 Å². The van der Waals surface area contributed by atoms with Gasteiger partial charge in [-0.3, -0.25) is 0 Å². The Labute approximate surface area is 59.0 Å². The molecule has 0 bridgehead atoms. The number of rotatable bonds is 1. The number of hydrogen-bond acceptors (Lipinski definition) is 1. The van der Waals surface area contributed by atoms with Crippen LogP contribution in [-0.4, -0.2) is 17.6 Å². The number of alkyl halides is 2. The monoisotopic (exact) mass is 150 g/mol. The summed E-state index contributed by atoms with van der Waals surface area (Å²) in [5, 5.41) is 8.96. The van der Waals surface area contributed by atoms with Gasteiger partial charge in [0.1, 0.15) is 0 Å². The summed E-state index contributed by atoms with van der Waals surface area (Å²) in [6.45, 7) is 0. The third kappa shape index (κ3) is 1.90. The van der Waals surface area contributed by atoms with E-state index in [2.05, 4.69) is 0 Å². The minimum atomic E-state index is -2.19. The SMILES string of the molecule is OC1CCC(C(F)F)CC1. The largest absolute Gasteiger partial charge is 0.393 e. The van der Waals surface area contributed by atoms with Gasteiger partial charge in [0.25, 0.3) is 0 Å². The van der Waals surface area contributed by atoms with Crippen molar-refractivity contribution in [3.05, 3.63) is 0 Å². The highest BCUT2D eigenvalue weighted by atomic mass is 19.3. The Morgan fingerprint density at radius 2 is 1.60 bits per heavy atom. The predicted molar refractivity (Wildman–Crippen MR) is 34.0 cm³/mol. The normalized spacial score (nSPS) is 34.8. The van der Waals surface area contributed by atoms with E-state index in [4.69, 9.17) is 5.11 Å². The van der Waals surface area contributed by atoms with Gasteiger partial charge in [0.05, 0.1) is 6.10 Å². The Morgan fingerprint density at radius 3 is 2.00 bits per heavy atom. The molecular weight excluding hydrogens is 138 g/mol. The molecule has 1 nitrogen and oxygen atoms in total. The molecule has 0 aromatic carbocycles. The molecule has 3 heteroatoms. The van der Waals surface area contributed by atoms with Gasteiger partial charge in [-0.25, -0.2) is 8.78 Å². The van der Waals surface area contributed by atoms with Gasteiger partial charge in [-0.1, -0.05) is 0 Å². The molecule has 1 rings (SSSR count). The van der Waals surface area contributed by atoms with Crippen LogP contribution in [0.5, 0.6) is 0 Å². The van der Waals surface area contributed by atoms with Gasteiger partial charge in [0.15, 0.2) is 0 Å². The van der Waals surface area contributed by atoms with Crippen molar-refractivity contribution >= 4 is 0 Å². The van der Waals surface area contributed by atoms with Crippen molar-refractivity contribution in [2.24, 2.45) is 5.92 Å². The van der Waals surface area contributed by atoms with Gasteiger partial charge in [-0.05, 0) is 25.7 Å². The average Bonchev–Trinajstić information content (AvgIpc) is 1.88. The summed E-state index contributed by atoms with van der Waals surface area (Å²) in [6.07, 6.45) is -0.440. The third-order valence-corrected chi connectivity index (χ3v) is 2.10. The molecular formula is C7H12F2O. The van der Waals surface area contributed by atoms with E-state index in [1.807, 2.05) is 0 Å². The molecule has 0 amide bonds. The molecule has 1 aliphatic carbocycles. The van der Waals surface area contributed by atoms with E-state index < -0.39 is 12.3 Å². The summed E-state index contributed by atoms with van der Waals surface area (Å²) in [7, 11) is 0. The van der Waals surface area contributed by atoms with E-state index in [1.165, 1.54) is 0 Å². The first-order valence-corrected chi connectivity index (χ1v) is 3.66. The van der Waals surface area contributed by atoms with Crippen molar-refractivity contribution in [2.45, 2.75) is 38.2 Å². The minimum Gasteiger partial charge on any atom is -0.393 e. The Balaban J connectivity index is 2.26. The van der Waals surface area contributed by atoms with Crippen LogP contribution >= 0.6 is 0 Å². The van der Waals surface area contributed by atoms with Crippen LogP contribution in [0, 0.1) is 5.92 Å². The Kier molecular flexibility index (Phi) is 2.60. The quantitative estimate of drug-likeness (QED) is 0.604. The molecule has 0 unspecified atom stereocenters. The lowest BCUT2D eigenvalue weighted by molar-refractivity contribution is 0.0227. The van der Waals surface area contributed by atoms with Crippen LogP contribution in [0.2, 0.25) is 0 Å². The zero-order valence-electron chi connectivity index (χ0n) is 5.76. The number of hydrogen-bond donors (Lipinski definition) is 1. The smallest absolute Gasteiger partial charge is 0.241 e. The van der Waals surface area contributed by atoms with Crippen molar-refractivity contribution in [3.63, 3.8) is 0 Å². The zero-order chi connectivity index (χ0) is 7.56. The van der Waals surface area contributed by atoms with Crippen molar-refractivity contribution in [1.82, 2.24) is 0 Å². The lowest BCUT2D eigenvalue weighted by Gasteiger charge is -2.24. The zero-order valence-corrected chi connectivity index (χ0v) is 5.76. The first-order valence-electron chi connectivity index (χ1n) is 3.66. The lowest BCUT2D eigenvalue weighted by Crippen LogP contribution is -2.22. The molecule has 60 valence electrons. The van der Waals surface area contributed by atoms with Crippen molar-refractivity contribution in [1.29, 1.82) is 0 Å². The first-order chi connectivity index (χ1) is 4.70. The van der Waals surface area contributed by atoms with Crippen molar-refractivity contribution in [3.8, 4) is 0 Å². The van der Waals surface area contributed by atoms with Crippen LogP contribution in [0.4, 0.5) is 8.78 Å². The molecule has 0 heterocycles. The number of aliphatic hydroxyl groups excluding tert-OH is 1. The van der Waals surface area contributed by atoms with Crippen LogP contribution in [0.15, 0.2) is 0 Å². The highest BCUT2D eigenvalue weighted by Crippen LogP contribution is 2.28. The fraction of sp³-hybridized carbons (Fsp3) is 1.00. The second-order valence-electron chi connectivity index (χ2n) is 2.90. The van der Waals surface area contributed by atoms with Gasteiger partial charge >= 0.3 is 0 Å². The van der Waals surface area contributed by atoms with Gasteiger partial charge in [0, 0.05) is 5.92 Å². The molecule has 1 saturated carbocycles. The molecule has 0 aromatic heterocycles. The van der Waals surface area contributed by atoms with Crippen molar-refractivity contribution < 1.29 is 13.9 Å². The molecule has 10 heavy (non-hydrogen) atoms. The number of aliphatic hydroxyl groups is 1. The summed E-state index contributed by atoms with van der Waals surface area (Å²) in [6, 6.07) is 0. The van der Waals surface area contributed by atoms with Gasteiger partial charge in [0.2, 0.25) is 6.43 Å². The molecule has 0 spiro atoms. The molecule has 0 radical (unpaired) electrons. The van der Waals surface area contributed by atoms with Crippen LogP contribution in [0.3, 0.4) is 0 Å². The van der Waals surface area contributed by atoms with E-state index in [0.29, 0.717) is 25.7 Å². The minimum absolute atomic E-state index is 0.324. The second-order valence-corrected chi connectivity index (χ2v) is 2.90. The van der Waals surface area contributed by atoms with Crippen molar-refractivity contribution in [2.75, 3.05) is 0 Å². The lowest BCUT2D eigenvalue weighted by atomic mass is 9.88. The first kappa shape index (κ1) is 7.92. The molecule has 1 fully saturated rings. The number of halogens is 2. The van der Waals surface area contributed by atoms with Gasteiger partial charge < -0.3 is 5.11 Å². The predicted octanol–water partition coefficient (Wildman–Crippen LogP) is 1.80. The summed E-state index contributed by atoms with van der Waals surface area (Å²) in [5.74, 6) is -0.455. The topological polar surface area (TPSA) is 20.2 Å². The van der Waals surface area contributed by atoms with Crippen LogP contribution in [-0.2, 0) is 0 Å². The third-order valence-electron chi connectivity index (χ3n) is 2.10. The van der Waals surface area contributed by atoms with E-state index in [0.717, 1.165) is 0 Å². The van der Waals surface area contributed by atoms with E-state index in [-0.39, 0.29) is 6.10 Å². The maximum atomic E-state index is 12.0. The fourth-order valence-corrected chi connectivity index (χ4v) is 1.35. The Bertz CT molecular complexity index is 97.8. The average molecular weight is 150 g/mol. The maximum Gasteiger partial charge on any atom is 0.241 e. The standard InChI is InChI=1S/C7H12F2O/c8-7(9)5-1-3-6(10)4-2-5/h5-7,10H,1-4H2. The highest BCUT2D eigenvalue weighted by Gasteiger charge is 2.25. The molecule has 1 aliphatic rings. The fourth-order valence-electron chi connectivity index (χ4n) is 1.35. The van der Waals surface area contributed by atoms with Crippen LogP contribution in [0.25, 0.3) is 0 Å². The molecule has 0 atom stereocenters. The molecule has 0 saturated heterocycles. The summed E-state index contributed by atoms with van der Waals surface area (Å²) >= 11 is 0. The summed E-state index contributed by atoms with van der Waals surface area (Å²) in [5.41, 5.74) is 0. The van der Waals surface area contributed by atoms with Crippen LogP contribution in [0.1, 0.15) is 25.7 Å². The maximum absolute atomic E-state index is 12.0. The summed E-state index contributed by atoms with van der Waals surface area (Å²) in [4.78, 5) is 0. The summed E-state index contributed by atoms with van der Waals surface area (Å²) < 4.78 is 23.9. The Hall–Kier alpha value is -0.180. The highest BCUT2D eigenvalue weighted by molar-refractivity contribution is 4.72. The van der Waals surface area contributed by atoms with E-state index in [1.54, 1.807) is 0 Å². The van der Waals surface area contributed by atoms with Crippen LogP contribution < -0.4 is 0 Å². The van der Waals surface area contributed by atoms with E-state index >= 15 is 0 Å². The van der Waals surface area contributed by atoms with Gasteiger partial charge in [-0.2, -0.15) is 0 Å².